The van der Waals surface area contributed by atoms with Crippen LogP contribution in [0.2, 0.25) is 0 Å². The summed E-state index contributed by atoms with van der Waals surface area (Å²) in [5, 5.41) is 6.89. The molecule has 2 heterocycles. The van der Waals surface area contributed by atoms with E-state index < -0.39 is 0 Å². The van der Waals surface area contributed by atoms with Crippen LogP contribution in [0, 0.1) is 12.3 Å². The Morgan fingerprint density at radius 2 is 1.89 bits per heavy atom. The number of methoxy groups -OCH3 is 1. The van der Waals surface area contributed by atoms with E-state index in [2.05, 4.69) is 51.2 Å². The van der Waals surface area contributed by atoms with E-state index >= 15 is 0 Å². The first kappa shape index (κ1) is 20.4. The van der Waals surface area contributed by atoms with Crippen LogP contribution >= 0.6 is 11.3 Å². The molecule has 0 saturated carbocycles. The molecule has 6 heteroatoms. The van der Waals surface area contributed by atoms with Crippen LogP contribution in [0.15, 0.2) is 24.3 Å². The molecule has 0 unspecified atom stereocenters. The molecule has 0 amide bonds. The normalized spacial score (nSPS) is 16.8. The average Bonchev–Trinajstić information content (AvgIpc) is 3.10. The number of aromatic nitrogens is 2. The number of carboxylic acid groups (broad SMARTS) is 1. The number of benzene rings is 1. The van der Waals surface area contributed by atoms with Crippen LogP contribution in [-0.4, -0.2) is 28.1 Å². The van der Waals surface area contributed by atoms with E-state index in [1.807, 2.05) is 23.5 Å². The number of para-hydroxylation sites is 1. The van der Waals surface area contributed by atoms with Crippen LogP contribution in [-0.2, 0) is 16.6 Å². The Morgan fingerprint density at radius 1 is 1.25 bits per heavy atom. The van der Waals surface area contributed by atoms with Crippen molar-refractivity contribution >= 4 is 22.8 Å². The molecule has 0 spiro atoms. The zero-order chi connectivity index (χ0) is 20.7. The van der Waals surface area contributed by atoms with Gasteiger partial charge in [0.1, 0.15) is 5.75 Å². The first-order valence-corrected chi connectivity index (χ1v) is 10.2. The van der Waals surface area contributed by atoms with Gasteiger partial charge in [-0.15, -0.1) is 11.3 Å². The highest BCUT2D eigenvalue weighted by Gasteiger charge is 2.41. The van der Waals surface area contributed by atoms with Crippen molar-refractivity contribution in [2.75, 3.05) is 7.11 Å². The van der Waals surface area contributed by atoms with Crippen LogP contribution in [0.25, 0.3) is 16.2 Å². The number of ether oxygens (including phenoxy) is 1. The largest absolute Gasteiger partial charge is 0.496 e. The Kier molecular flexibility index (Phi) is 5.28. The monoisotopic (exact) mass is 400 g/mol. The summed E-state index contributed by atoms with van der Waals surface area (Å²) < 4.78 is 8.04. The standard InChI is InChI=1S/C21H26N2OS.CH2O2/c1-13-17(14-9-7-8-10-16(14)24-6)23-15-11-20(2,3)12-21(4,5)18(15)25-19(23)22-13;2-1-3/h7-10H,11-12H2,1-6H3;1H,(H,2,3). The number of rotatable bonds is 2. The lowest BCUT2D eigenvalue weighted by molar-refractivity contribution is -0.122. The Labute approximate surface area is 170 Å². The van der Waals surface area contributed by atoms with E-state index in [4.69, 9.17) is 19.6 Å². The maximum Gasteiger partial charge on any atom is 0.290 e. The lowest BCUT2D eigenvalue weighted by Gasteiger charge is -2.40. The van der Waals surface area contributed by atoms with Gasteiger partial charge in [-0.3, -0.25) is 9.20 Å². The van der Waals surface area contributed by atoms with Gasteiger partial charge < -0.3 is 9.84 Å². The lowest BCUT2D eigenvalue weighted by Crippen LogP contribution is -2.34. The molecule has 28 heavy (non-hydrogen) atoms. The number of hydrogen-bond acceptors (Lipinski definition) is 4. The minimum absolute atomic E-state index is 0.189. The number of thiazole rings is 1. The molecule has 5 nitrogen and oxygen atoms in total. The van der Waals surface area contributed by atoms with Gasteiger partial charge in [0.15, 0.2) is 4.96 Å². The van der Waals surface area contributed by atoms with Gasteiger partial charge in [0, 0.05) is 21.5 Å². The fourth-order valence-electron chi connectivity index (χ4n) is 4.71. The zero-order valence-corrected chi connectivity index (χ0v) is 18.2. The molecule has 1 aromatic carbocycles. The van der Waals surface area contributed by atoms with Gasteiger partial charge in [0.25, 0.3) is 6.47 Å². The van der Waals surface area contributed by atoms with Gasteiger partial charge >= 0.3 is 0 Å². The molecule has 1 aliphatic carbocycles. The van der Waals surface area contributed by atoms with Crippen molar-refractivity contribution in [2.24, 2.45) is 5.41 Å². The van der Waals surface area contributed by atoms with Crippen molar-refractivity contribution in [3.05, 3.63) is 40.5 Å². The summed E-state index contributed by atoms with van der Waals surface area (Å²) in [6.07, 6.45) is 2.29. The van der Waals surface area contributed by atoms with E-state index in [1.165, 1.54) is 22.7 Å². The van der Waals surface area contributed by atoms with Crippen LogP contribution < -0.4 is 4.74 Å². The van der Waals surface area contributed by atoms with Crippen LogP contribution in [0.1, 0.15) is 50.4 Å². The number of aryl methyl sites for hydroxylation is 1. The summed E-state index contributed by atoms with van der Waals surface area (Å²) >= 11 is 1.86. The summed E-state index contributed by atoms with van der Waals surface area (Å²) in [7, 11) is 1.74. The van der Waals surface area contributed by atoms with E-state index in [1.54, 1.807) is 7.11 Å². The molecule has 150 valence electrons. The van der Waals surface area contributed by atoms with Crippen LogP contribution in [0.3, 0.4) is 0 Å². The van der Waals surface area contributed by atoms with Crippen LogP contribution in [0.4, 0.5) is 0 Å². The summed E-state index contributed by atoms with van der Waals surface area (Å²) in [6.45, 7) is 11.4. The highest BCUT2D eigenvalue weighted by atomic mass is 32.1. The zero-order valence-electron chi connectivity index (χ0n) is 17.4. The third-order valence-electron chi connectivity index (χ3n) is 5.29. The van der Waals surface area contributed by atoms with Crippen molar-refractivity contribution in [2.45, 2.75) is 52.9 Å². The second-order valence-electron chi connectivity index (χ2n) is 8.75. The number of imidazole rings is 1. The number of hydrogen-bond donors (Lipinski definition) is 1. The number of carbonyl (C=O) groups is 1. The molecule has 0 bridgehead atoms. The van der Waals surface area contributed by atoms with E-state index in [9.17, 15) is 0 Å². The SMILES string of the molecule is COc1ccccc1-c1c(C)nc2sc3c(n12)CC(C)(C)CC3(C)C.O=CO. The molecule has 2 aromatic heterocycles. The minimum atomic E-state index is -0.250. The number of nitrogens with zero attached hydrogens (tertiary/aromatic N) is 2. The average molecular weight is 401 g/mol. The Morgan fingerprint density at radius 3 is 2.54 bits per heavy atom. The second-order valence-corrected chi connectivity index (χ2v) is 9.73. The fourth-order valence-corrected chi connectivity index (χ4v) is 6.00. The molecule has 0 saturated heterocycles. The lowest BCUT2D eigenvalue weighted by atomic mass is 9.67. The fraction of sp³-hybridized carbons (Fsp3) is 0.455. The van der Waals surface area contributed by atoms with Gasteiger partial charge in [-0.2, -0.15) is 0 Å². The molecule has 4 rings (SSSR count). The van der Waals surface area contributed by atoms with Crippen molar-refractivity contribution in [1.82, 2.24) is 9.38 Å². The van der Waals surface area contributed by atoms with Crippen molar-refractivity contribution in [1.29, 1.82) is 0 Å². The van der Waals surface area contributed by atoms with Gasteiger partial charge in [-0.25, -0.2) is 4.98 Å². The number of fused-ring (bicyclic) bond motifs is 3. The highest BCUT2D eigenvalue weighted by Crippen LogP contribution is 2.50. The third-order valence-corrected chi connectivity index (χ3v) is 6.74. The van der Waals surface area contributed by atoms with Crippen molar-refractivity contribution in [3.8, 4) is 17.0 Å². The summed E-state index contributed by atoms with van der Waals surface area (Å²) in [5.74, 6) is 0.904. The predicted octanol–water partition coefficient (Wildman–Crippen LogP) is 5.33. The van der Waals surface area contributed by atoms with E-state index in [0.717, 1.165) is 28.4 Å². The highest BCUT2D eigenvalue weighted by molar-refractivity contribution is 7.17. The van der Waals surface area contributed by atoms with Gasteiger partial charge in [0.05, 0.1) is 18.5 Å². The second kappa shape index (κ2) is 7.24. The molecule has 0 atom stereocenters. The molecule has 3 aromatic rings. The van der Waals surface area contributed by atoms with Crippen molar-refractivity contribution in [3.63, 3.8) is 0 Å². The van der Waals surface area contributed by atoms with Gasteiger partial charge in [0.2, 0.25) is 0 Å². The van der Waals surface area contributed by atoms with Gasteiger partial charge in [-0.1, -0.05) is 39.8 Å². The maximum absolute atomic E-state index is 8.36. The summed E-state index contributed by atoms with van der Waals surface area (Å²) in [4.78, 5) is 15.9. The maximum atomic E-state index is 8.36. The molecular formula is C22H28N2O3S. The summed E-state index contributed by atoms with van der Waals surface area (Å²) in [5.41, 5.74) is 5.28. The summed E-state index contributed by atoms with van der Waals surface area (Å²) in [6, 6.07) is 8.26. The van der Waals surface area contributed by atoms with Gasteiger partial charge in [-0.05, 0) is 37.3 Å². The predicted molar refractivity (Wildman–Crippen MR) is 114 cm³/mol. The smallest absolute Gasteiger partial charge is 0.290 e. The topological polar surface area (TPSA) is 63.8 Å². The first-order valence-electron chi connectivity index (χ1n) is 9.37. The Balaban J connectivity index is 0.000000706. The first-order chi connectivity index (χ1) is 13.1. The third kappa shape index (κ3) is 3.41. The molecule has 0 aliphatic heterocycles. The Bertz CT molecular complexity index is 1010. The van der Waals surface area contributed by atoms with Crippen LogP contribution in [0.5, 0.6) is 5.75 Å². The van der Waals surface area contributed by atoms with Crippen molar-refractivity contribution < 1.29 is 14.6 Å². The molecule has 0 radical (unpaired) electrons. The Hall–Kier alpha value is -2.34. The molecule has 1 aliphatic rings. The van der Waals surface area contributed by atoms with E-state index in [0.29, 0.717) is 5.41 Å². The minimum Gasteiger partial charge on any atom is -0.496 e. The molecule has 0 fully saturated rings. The van der Waals surface area contributed by atoms with E-state index in [-0.39, 0.29) is 11.9 Å². The quantitative estimate of drug-likeness (QED) is 0.591. The molecular weight excluding hydrogens is 372 g/mol. The molecule has 1 N–H and O–H groups in total.